The summed E-state index contributed by atoms with van der Waals surface area (Å²) >= 11 is 12.8. The molecule has 0 bridgehead atoms. The van der Waals surface area contributed by atoms with Crippen molar-refractivity contribution < 1.29 is 14.3 Å². The Kier molecular flexibility index (Phi) is 4.66. The molecule has 1 aromatic heterocycles. The van der Waals surface area contributed by atoms with Crippen molar-refractivity contribution in [1.82, 2.24) is 4.98 Å². The Morgan fingerprint density at radius 1 is 1.29 bits per heavy atom. The average molecular weight is 382 g/mol. The van der Waals surface area contributed by atoms with E-state index >= 15 is 0 Å². The van der Waals surface area contributed by atoms with E-state index in [9.17, 15) is 9.59 Å². The third kappa shape index (κ3) is 3.64. The molecule has 0 saturated heterocycles. The predicted octanol–water partition coefficient (Wildman–Crippen LogP) is 3.75. The maximum Gasteiger partial charge on any atom is 0.363 e. The number of thiazole rings is 1. The van der Waals surface area contributed by atoms with Crippen molar-refractivity contribution in [2.45, 2.75) is 6.92 Å². The standard InChI is InChI=1S/C15H9Cl2N3O3S/c1-7(21)18-9-4-2-8(3-5-9)13-19-10(14(22)23-13)6-11-12(16)20-15(17)24-11/h2-6H,1H3,(H,18,21)/b10-6+. The molecule has 0 spiro atoms. The first-order chi connectivity index (χ1) is 11.4. The van der Waals surface area contributed by atoms with Gasteiger partial charge in [0.05, 0.1) is 4.88 Å². The van der Waals surface area contributed by atoms with Crippen molar-refractivity contribution in [3.05, 3.63) is 50.0 Å². The third-order valence-electron chi connectivity index (χ3n) is 2.92. The Morgan fingerprint density at radius 3 is 2.58 bits per heavy atom. The van der Waals surface area contributed by atoms with Crippen LogP contribution in [0.1, 0.15) is 17.4 Å². The number of halogens is 2. The van der Waals surface area contributed by atoms with E-state index in [1.54, 1.807) is 24.3 Å². The topological polar surface area (TPSA) is 80.7 Å². The van der Waals surface area contributed by atoms with E-state index in [2.05, 4.69) is 15.3 Å². The fourth-order valence-electron chi connectivity index (χ4n) is 1.93. The summed E-state index contributed by atoms with van der Waals surface area (Å²) in [6.45, 7) is 1.42. The molecule has 0 aliphatic carbocycles. The van der Waals surface area contributed by atoms with Crippen molar-refractivity contribution >= 4 is 64.1 Å². The highest BCUT2D eigenvalue weighted by molar-refractivity contribution is 7.17. The second kappa shape index (κ2) is 6.72. The molecule has 24 heavy (non-hydrogen) atoms. The van der Waals surface area contributed by atoms with Crippen LogP contribution in [0.3, 0.4) is 0 Å². The number of amides is 1. The Labute approximate surface area is 150 Å². The van der Waals surface area contributed by atoms with Crippen LogP contribution in [0, 0.1) is 0 Å². The first kappa shape index (κ1) is 16.6. The summed E-state index contributed by atoms with van der Waals surface area (Å²) in [6.07, 6.45) is 1.48. The van der Waals surface area contributed by atoms with Crippen LogP contribution in [0.5, 0.6) is 0 Å². The van der Waals surface area contributed by atoms with E-state index in [0.717, 1.165) is 11.3 Å². The van der Waals surface area contributed by atoms with Crippen LogP contribution in [0.15, 0.2) is 35.0 Å². The zero-order chi connectivity index (χ0) is 17.3. The second-order valence-corrected chi connectivity index (χ2v) is 6.69. The van der Waals surface area contributed by atoms with Crippen LogP contribution in [-0.2, 0) is 14.3 Å². The molecule has 1 aliphatic heterocycles. The fourth-order valence-corrected chi connectivity index (χ4v) is 3.23. The number of anilines is 1. The number of carbonyl (C=O) groups excluding carboxylic acids is 2. The Morgan fingerprint density at radius 2 is 2.00 bits per heavy atom. The predicted molar refractivity (Wildman–Crippen MR) is 93.5 cm³/mol. The molecule has 0 radical (unpaired) electrons. The molecule has 2 aromatic rings. The van der Waals surface area contributed by atoms with Gasteiger partial charge in [0.2, 0.25) is 11.8 Å². The van der Waals surface area contributed by atoms with Crippen molar-refractivity contribution in [1.29, 1.82) is 0 Å². The van der Waals surface area contributed by atoms with Gasteiger partial charge in [0.25, 0.3) is 0 Å². The highest BCUT2D eigenvalue weighted by Crippen LogP contribution is 2.30. The van der Waals surface area contributed by atoms with Gasteiger partial charge < -0.3 is 10.1 Å². The van der Waals surface area contributed by atoms with Gasteiger partial charge in [-0.3, -0.25) is 4.79 Å². The van der Waals surface area contributed by atoms with Gasteiger partial charge in [0.1, 0.15) is 5.15 Å². The van der Waals surface area contributed by atoms with E-state index in [4.69, 9.17) is 27.9 Å². The number of benzene rings is 1. The average Bonchev–Trinajstić information content (AvgIpc) is 3.02. The van der Waals surface area contributed by atoms with Crippen LogP contribution in [0.25, 0.3) is 6.08 Å². The lowest BCUT2D eigenvalue weighted by Gasteiger charge is -2.03. The highest BCUT2D eigenvalue weighted by Gasteiger charge is 2.25. The lowest BCUT2D eigenvalue weighted by atomic mass is 10.2. The summed E-state index contributed by atoms with van der Waals surface area (Å²) in [6, 6.07) is 6.76. The number of cyclic esters (lactones) is 1. The number of hydrogen-bond donors (Lipinski definition) is 1. The molecule has 0 fully saturated rings. The molecule has 6 nitrogen and oxygen atoms in total. The van der Waals surface area contributed by atoms with Crippen molar-refractivity contribution in [2.24, 2.45) is 4.99 Å². The minimum Gasteiger partial charge on any atom is -0.402 e. The number of esters is 1. The lowest BCUT2D eigenvalue weighted by Crippen LogP contribution is -2.07. The fraction of sp³-hybridized carbons (Fsp3) is 0.0667. The van der Waals surface area contributed by atoms with E-state index in [1.165, 1.54) is 13.0 Å². The van der Waals surface area contributed by atoms with Crippen LogP contribution in [0.2, 0.25) is 9.62 Å². The van der Waals surface area contributed by atoms with Gasteiger partial charge in [-0.05, 0) is 30.3 Å². The van der Waals surface area contributed by atoms with Crippen LogP contribution in [0.4, 0.5) is 5.69 Å². The quantitative estimate of drug-likeness (QED) is 0.648. The summed E-state index contributed by atoms with van der Waals surface area (Å²) in [5, 5.41) is 2.85. The number of aromatic nitrogens is 1. The molecule has 1 amide bonds. The zero-order valence-electron chi connectivity index (χ0n) is 12.2. The summed E-state index contributed by atoms with van der Waals surface area (Å²) in [7, 11) is 0. The van der Waals surface area contributed by atoms with Gasteiger partial charge in [-0.2, -0.15) is 0 Å². The number of nitrogens with zero attached hydrogens (tertiary/aromatic N) is 2. The summed E-state index contributed by atoms with van der Waals surface area (Å²) in [4.78, 5) is 31.5. The summed E-state index contributed by atoms with van der Waals surface area (Å²) in [5.74, 6) is -0.582. The molecule has 1 aliphatic rings. The van der Waals surface area contributed by atoms with Crippen LogP contribution >= 0.6 is 34.5 Å². The Bertz CT molecular complexity index is 888. The maximum atomic E-state index is 11.9. The smallest absolute Gasteiger partial charge is 0.363 e. The van der Waals surface area contributed by atoms with Gasteiger partial charge in [-0.25, -0.2) is 14.8 Å². The van der Waals surface area contributed by atoms with Gasteiger partial charge in [-0.1, -0.05) is 23.2 Å². The van der Waals surface area contributed by atoms with Crippen LogP contribution in [-0.4, -0.2) is 22.8 Å². The van der Waals surface area contributed by atoms with E-state index < -0.39 is 5.97 Å². The van der Waals surface area contributed by atoms with E-state index in [1.807, 2.05) is 0 Å². The van der Waals surface area contributed by atoms with Gasteiger partial charge in [0.15, 0.2) is 10.2 Å². The molecule has 0 unspecified atom stereocenters. The molecule has 3 rings (SSSR count). The number of rotatable bonds is 3. The van der Waals surface area contributed by atoms with E-state index in [-0.39, 0.29) is 27.1 Å². The largest absolute Gasteiger partial charge is 0.402 e. The van der Waals surface area contributed by atoms with Crippen LogP contribution < -0.4 is 5.32 Å². The second-order valence-electron chi connectivity index (χ2n) is 4.72. The molecule has 1 aromatic carbocycles. The zero-order valence-corrected chi connectivity index (χ0v) is 14.5. The number of hydrogen-bond acceptors (Lipinski definition) is 6. The minimum absolute atomic E-state index is 0.109. The lowest BCUT2D eigenvalue weighted by molar-refractivity contribution is -0.129. The summed E-state index contributed by atoms with van der Waals surface area (Å²) < 4.78 is 5.44. The molecule has 9 heteroatoms. The minimum atomic E-state index is -0.587. The summed E-state index contributed by atoms with van der Waals surface area (Å²) in [5.41, 5.74) is 1.35. The van der Waals surface area contributed by atoms with Crippen molar-refractivity contribution in [2.75, 3.05) is 5.32 Å². The monoisotopic (exact) mass is 381 g/mol. The van der Waals surface area contributed by atoms with Gasteiger partial charge in [0, 0.05) is 18.2 Å². The maximum absolute atomic E-state index is 11.9. The SMILES string of the molecule is CC(=O)Nc1ccc(C2=N/C(=C/c3sc(Cl)nc3Cl)C(=O)O2)cc1. The van der Waals surface area contributed by atoms with Gasteiger partial charge >= 0.3 is 5.97 Å². The number of carbonyl (C=O) groups is 2. The molecular weight excluding hydrogens is 373 g/mol. The normalized spacial score (nSPS) is 15.4. The first-order valence-corrected chi connectivity index (χ1v) is 8.22. The molecule has 0 atom stereocenters. The third-order valence-corrected chi connectivity index (χ3v) is 4.43. The number of nitrogens with one attached hydrogen (secondary N) is 1. The highest BCUT2D eigenvalue weighted by atomic mass is 35.5. The molecule has 2 heterocycles. The Balaban J connectivity index is 1.86. The van der Waals surface area contributed by atoms with E-state index in [0.29, 0.717) is 16.1 Å². The van der Waals surface area contributed by atoms with Gasteiger partial charge in [-0.15, -0.1) is 11.3 Å². The van der Waals surface area contributed by atoms with Crippen molar-refractivity contribution in [3.8, 4) is 0 Å². The Hall–Kier alpha value is -2.22. The molecule has 1 N–H and O–H groups in total. The number of ether oxygens (including phenoxy) is 1. The molecular formula is C15H9Cl2N3O3S. The van der Waals surface area contributed by atoms with Crippen molar-refractivity contribution in [3.63, 3.8) is 0 Å². The first-order valence-electron chi connectivity index (χ1n) is 6.65. The molecule has 122 valence electrons. The number of aliphatic imine (C=N–C) groups is 1. The molecule has 0 saturated carbocycles.